The van der Waals surface area contributed by atoms with Crippen LogP contribution in [0.1, 0.15) is 36.9 Å². The van der Waals surface area contributed by atoms with E-state index in [9.17, 15) is 13.2 Å². The fourth-order valence-corrected chi connectivity index (χ4v) is 5.42. The highest BCUT2D eigenvalue weighted by Crippen LogP contribution is 2.37. The summed E-state index contributed by atoms with van der Waals surface area (Å²) in [6, 6.07) is 3.78. The van der Waals surface area contributed by atoms with Gasteiger partial charge in [0.1, 0.15) is 17.9 Å². The van der Waals surface area contributed by atoms with Gasteiger partial charge in [-0.25, -0.2) is 9.97 Å². The molecule has 12 heteroatoms. The molecule has 2 fully saturated rings. The van der Waals surface area contributed by atoms with Crippen molar-refractivity contribution in [2.24, 2.45) is 0 Å². The van der Waals surface area contributed by atoms with E-state index in [0.717, 1.165) is 30.0 Å². The van der Waals surface area contributed by atoms with Crippen molar-refractivity contribution in [1.29, 1.82) is 0 Å². The molecular weight excluding hydrogens is 507 g/mol. The van der Waals surface area contributed by atoms with Gasteiger partial charge in [-0.15, -0.1) is 0 Å². The fourth-order valence-electron chi connectivity index (χ4n) is 5.22. The molecule has 5 rings (SSSR count). The average molecular weight is 538 g/mol. The number of ether oxygens (including phenoxy) is 1. The van der Waals surface area contributed by atoms with Gasteiger partial charge in [0.25, 0.3) is 0 Å². The van der Waals surface area contributed by atoms with Crippen LogP contribution >= 0.6 is 11.6 Å². The lowest BCUT2D eigenvalue weighted by Crippen LogP contribution is -2.47. The van der Waals surface area contributed by atoms with Crippen molar-refractivity contribution in [1.82, 2.24) is 25.1 Å². The molecule has 2 aliphatic heterocycles. The van der Waals surface area contributed by atoms with Gasteiger partial charge in [0.05, 0.1) is 12.0 Å². The van der Waals surface area contributed by atoms with Crippen LogP contribution in [-0.2, 0) is 6.18 Å². The molecule has 0 amide bonds. The molecule has 200 valence electrons. The Hall–Kier alpha value is -2.79. The number of aromatic nitrogens is 4. The van der Waals surface area contributed by atoms with Crippen LogP contribution in [-0.4, -0.2) is 77.5 Å². The Morgan fingerprint density at radius 1 is 1.00 bits per heavy atom. The van der Waals surface area contributed by atoms with Crippen LogP contribution in [0.2, 0.25) is 5.02 Å². The van der Waals surface area contributed by atoms with Gasteiger partial charge in [-0.2, -0.15) is 18.3 Å². The molecule has 0 radical (unpaired) electrons. The number of halogens is 4. The molecule has 1 N–H and O–H groups in total. The van der Waals surface area contributed by atoms with Gasteiger partial charge in [0.2, 0.25) is 0 Å². The lowest BCUT2D eigenvalue weighted by molar-refractivity contribution is -0.139. The molecule has 2 saturated heterocycles. The van der Waals surface area contributed by atoms with Crippen molar-refractivity contribution in [3.8, 4) is 5.75 Å². The highest BCUT2D eigenvalue weighted by atomic mass is 35.5. The van der Waals surface area contributed by atoms with Crippen molar-refractivity contribution in [3.05, 3.63) is 34.7 Å². The number of rotatable bonds is 7. The fraction of sp³-hybridized carbons (Fsp3) is 0.560. The Kier molecular flexibility index (Phi) is 7.62. The number of fused-ring (bicyclic) bond motifs is 1. The van der Waals surface area contributed by atoms with Crippen LogP contribution in [0.3, 0.4) is 0 Å². The summed E-state index contributed by atoms with van der Waals surface area (Å²) in [6.45, 7) is 8.21. The number of benzene rings is 1. The summed E-state index contributed by atoms with van der Waals surface area (Å²) in [5, 5.41) is 6.33. The number of alkyl halides is 3. The molecule has 0 aliphatic carbocycles. The summed E-state index contributed by atoms with van der Waals surface area (Å²) in [5.41, 5.74) is 1.07. The van der Waals surface area contributed by atoms with E-state index in [1.807, 2.05) is 24.0 Å². The van der Waals surface area contributed by atoms with Crippen LogP contribution in [0.25, 0.3) is 11.0 Å². The quantitative estimate of drug-likeness (QED) is 0.429. The van der Waals surface area contributed by atoms with Gasteiger partial charge >= 0.3 is 6.18 Å². The predicted octanol–water partition coefficient (Wildman–Crippen LogP) is 4.91. The lowest BCUT2D eigenvalue weighted by atomic mass is 10.1. The van der Waals surface area contributed by atoms with Gasteiger partial charge in [-0.3, -0.25) is 5.10 Å². The van der Waals surface area contributed by atoms with Crippen LogP contribution in [0, 0.1) is 6.92 Å². The molecule has 2 aromatic heterocycles. The van der Waals surface area contributed by atoms with Gasteiger partial charge in [0, 0.05) is 49.0 Å². The standard InChI is InChI=1S/C25H31ClF3N7O/c1-17-19(14-18(26)15-20(17)37-13-5-8-34-6-3-2-4-7-34)35-9-11-36(12-10-35)24-21-22(25(27,28)29)32-33-23(21)30-16-31-24/h14-16H,2-13H2,1H3,(H,30,31,32,33). The molecule has 0 atom stereocenters. The highest BCUT2D eigenvalue weighted by Gasteiger charge is 2.38. The predicted molar refractivity (Wildman–Crippen MR) is 138 cm³/mol. The molecule has 0 saturated carbocycles. The zero-order valence-corrected chi connectivity index (χ0v) is 21.6. The number of hydrogen-bond acceptors (Lipinski definition) is 7. The third kappa shape index (κ3) is 5.72. The molecule has 37 heavy (non-hydrogen) atoms. The van der Waals surface area contributed by atoms with Crippen LogP contribution in [0.5, 0.6) is 5.75 Å². The first-order valence-corrected chi connectivity index (χ1v) is 13.1. The van der Waals surface area contributed by atoms with Gasteiger partial charge in [-0.05, 0) is 51.4 Å². The normalized spacial score (nSPS) is 17.5. The van der Waals surface area contributed by atoms with E-state index in [4.69, 9.17) is 16.3 Å². The average Bonchev–Trinajstić information content (AvgIpc) is 3.34. The minimum absolute atomic E-state index is 0.0764. The Labute approximate surface area is 218 Å². The monoisotopic (exact) mass is 537 g/mol. The minimum Gasteiger partial charge on any atom is -0.493 e. The maximum atomic E-state index is 13.5. The number of nitrogens with zero attached hydrogens (tertiary/aromatic N) is 6. The molecule has 3 aromatic rings. The molecular formula is C25H31ClF3N7O. The molecule has 4 heterocycles. The number of H-pyrrole nitrogens is 1. The number of likely N-dealkylation sites (tertiary alicyclic amines) is 1. The Morgan fingerprint density at radius 2 is 1.73 bits per heavy atom. The second kappa shape index (κ2) is 10.9. The lowest BCUT2D eigenvalue weighted by Gasteiger charge is -2.37. The molecule has 8 nitrogen and oxygen atoms in total. The highest BCUT2D eigenvalue weighted by molar-refractivity contribution is 6.31. The Morgan fingerprint density at radius 3 is 2.46 bits per heavy atom. The third-order valence-corrected chi connectivity index (χ3v) is 7.37. The smallest absolute Gasteiger partial charge is 0.435 e. The summed E-state index contributed by atoms with van der Waals surface area (Å²) in [5.74, 6) is 1.01. The first kappa shape index (κ1) is 25.8. The number of nitrogens with one attached hydrogen (secondary N) is 1. The summed E-state index contributed by atoms with van der Waals surface area (Å²) in [7, 11) is 0. The summed E-state index contributed by atoms with van der Waals surface area (Å²) in [4.78, 5) is 14.6. The van der Waals surface area contributed by atoms with E-state index < -0.39 is 11.9 Å². The molecule has 0 bridgehead atoms. The molecule has 2 aliphatic rings. The van der Waals surface area contributed by atoms with E-state index in [2.05, 4.69) is 30.0 Å². The van der Waals surface area contributed by atoms with Crippen molar-refractivity contribution >= 4 is 34.1 Å². The first-order chi connectivity index (χ1) is 17.8. The largest absolute Gasteiger partial charge is 0.493 e. The second-order valence-corrected chi connectivity index (χ2v) is 10.1. The number of anilines is 2. The SMILES string of the molecule is Cc1c(OCCCN2CCCCC2)cc(Cl)cc1N1CCN(c2ncnc3[nH]nc(C(F)(F)F)c23)CC1. The van der Waals surface area contributed by atoms with E-state index >= 15 is 0 Å². The van der Waals surface area contributed by atoms with E-state index in [1.165, 1.54) is 38.7 Å². The number of piperazine rings is 1. The van der Waals surface area contributed by atoms with Gasteiger partial charge in [0.15, 0.2) is 11.3 Å². The maximum absolute atomic E-state index is 13.5. The Balaban J connectivity index is 1.25. The van der Waals surface area contributed by atoms with Crippen molar-refractivity contribution in [3.63, 3.8) is 0 Å². The summed E-state index contributed by atoms with van der Waals surface area (Å²) in [6.07, 6.45) is 1.51. The van der Waals surface area contributed by atoms with E-state index in [1.54, 1.807) is 0 Å². The number of hydrogen-bond donors (Lipinski definition) is 1. The van der Waals surface area contributed by atoms with Crippen LogP contribution in [0.4, 0.5) is 24.7 Å². The number of piperidine rings is 1. The van der Waals surface area contributed by atoms with Crippen LogP contribution in [0.15, 0.2) is 18.5 Å². The van der Waals surface area contributed by atoms with Crippen molar-refractivity contribution in [2.45, 2.75) is 38.8 Å². The van der Waals surface area contributed by atoms with Gasteiger partial charge < -0.3 is 19.4 Å². The zero-order chi connectivity index (χ0) is 26.0. The second-order valence-electron chi connectivity index (χ2n) is 9.62. The van der Waals surface area contributed by atoms with Crippen LogP contribution < -0.4 is 14.5 Å². The summed E-state index contributed by atoms with van der Waals surface area (Å²) >= 11 is 6.45. The van der Waals surface area contributed by atoms with Crippen molar-refractivity contribution < 1.29 is 17.9 Å². The van der Waals surface area contributed by atoms with Crippen molar-refractivity contribution in [2.75, 3.05) is 62.2 Å². The molecule has 0 unspecified atom stereocenters. The molecule has 0 spiro atoms. The summed E-state index contributed by atoms with van der Waals surface area (Å²) < 4.78 is 46.7. The number of aromatic amines is 1. The maximum Gasteiger partial charge on any atom is 0.435 e. The van der Waals surface area contributed by atoms with Gasteiger partial charge in [-0.1, -0.05) is 18.0 Å². The Bertz CT molecular complexity index is 1220. The van der Waals surface area contributed by atoms with E-state index in [-0.39, 0.29) is 16.9 Å². The minimum atomic E-state index is -4.60. The zero-order valence-electron chi connectivity index (χ0n) is 20.8. The topological polar surface area (TPSA) is 73.4 Å². The third-order valence-electron chi connectivity index (χ3n) is 7.15. The van der Waals surface area contributed by atoms with E-state index in [0.29, 0.717) is 37.8 Å². The molecule has 1 aromatic carbocycles. The first-order valence-electron chi connectivity index (χ1n) is 12.7.